The molecule has 0 radical (unpaired) electrons. The van der Waals surface area contributed by atoms with Crippen molar-refractivity contribution in [3.63, 3.8) is 0 Å². The number of allylic oxidation sites excluding steroid dienone is 2. The Bertz CT molecular complexity index is 1020. The fourth-order valence-corrected chi connectivity index (χ4v) is 5.99. The minimum Gasteiger partial charge on any atom is -0.393 e. The van der Waals surface area contributed by atoms with Crippen LogP contribution in [0.2, 0.25) is 0 Å². The maximum atomic E-state index is 12.7. The SMILES string of the molecule is O=C1OC(=O)C2C1C1C(c3ccccc3)=C(c3ccccc3)C2C2C(=O)OC(=O)C21. The van der Waals surface area contributed by atoms with Gasteiger partial charge in [-0.1, -0.05) is 60.7 Å². The first-order valence-electron chi connectivity index (χ1n) is 9.94. The van der Waals surface area contributed by atoms with Gasteiger partial charge in [0.25, 0.3) is 0 Å². The standard InChI is InChI=1S/C24H16O6/c25-21-17-15-13(11-7-3-1-4-8-11)14(12-9-5-2-6-10-12)16(19(17)23(27)29-21)20-18(15)22(26)30-24(20)28/h1-10,15-20H. The smallest absolute Gasteiger partial charge is 0.318 e. The van der Waals surface area contributed by atoms with Crippen molar-refractivity contribution >= 4 is 35.0 Å². The molecular weight excluding hydrogens is 384 g/mol. The topological polar surface area (TPSA) is 86.7 Å². The van der Waals surface area contributed by atoms with Crippen LogP contribution >= 0.6 is 0 Å². The number of rotatable bonds is 2. The molecule has 1 saturated carbocycles. The molecule has 7 rings (SSSR count). The lowest BCUT2D eigenvalue weighted by Gasteiger charge is -2.49. The Morgan fingerprint density at radius 1 is 0.433 bits per heavy atom. The van der Waals surface area contributed by atoms with Gasteiger partial charge in [0.2, 0.25) is 0 Å². The van der Waals surface area contributed by atoms with Gasteiger partial charge < -0.3 is 9.47 Å². The number of hydrogen-bond donors (Lipinski definition) is 0. The van der Waals surface area contributed by atoms with E-state index in [0.717, 1.165) is 22.3 Å². The maximum Gasteiger partial charge on any atom is 0.318 e. The van der Waals surface area contributed by atoms with Crippen molar-refractivity contribution in [3.05, 3.63) is 71.8 Å². The van der Waals surface area contributed by atoms with Gasteiger partial charge in [-0.25, -0.2) is 0 Å². The highest BCUT2D eigenvalue weighted by Gasteiger charge is 2.71. The number of hydrogen-bond acceptors (Lipinski definition) is 6. The third-order valence-electron chi connectivity index (χ3n) is 6.94. The van der Waals surface area contributed by atoms with E-state index in [0.29, 0.717) is 0 Å². The molecule has 5 aliphatic rings. The fourth-order valence-electron chi connectivity index (χ4n) is 5.99. The van der Waals surface area contributed by atoms with E-state index < -0.39 is 59.4 Å². The Labute approximate surface area is 171 Å². The van der Waals surface area contributed by atoms with E-state index in [2.05, 4.69) is 0 Å². The van der Waals surface area contributed by atoms with Gasteiger partial charge in [-0.05, 0) is 22.3 Å². The molecular formula is C24H16O6. The zero-order valence-electron chi connectivity index (χ0n) is 15.7. The lowest BCUT2D eigenvalue weighted by Crippen LogP contribution is -2.53. The fraction of sp³-hybridized carbons (Fsp3) is 0.250. The second-order valence-electron chi connectivity index (χ2n) is 8.19. The predicted molar refractivity (Wildman–Crippen MR) is 103 cm³/mol. The monoisotopic (exact) mass is 400 g/mol. The average Bonchev–Trinajstić information content (AvgIpc) is 3.25. The summed E-state index contributed by atoms with van der Waals surface area (Å²) in [5.74, 6) is -6.93. The van der Waals surface area contributed by atoms with Crippen LogP contribution in [-0.2, 0) is 28.7 Å². The molecule has 0 spiro atoms. The summed E-state index contributed by atoms with van der Waals surface area (Å²) in [6.07, 6.45) is 0. The molecule has 0 amide bonds. The minimum absolute atomic E-state index is 0.619. The Morgan fingerprint density at radius 3 is 1.03 bits per heavy atom. The van der Waals surface area contributed by atoms with E-state index in [1.165, 1.54) is 0 Å². The first-order chi connectivity index (χ1) is 14.6. The van der Waals surface area contributed by atoms with Crippen LogP contribution < -0.4 is 0 Å². The van der Waals surface area contributed by atoms with Crippen LogP contribution in [0.3, 0.4) is 0 Å². The lowest BCUT2D eigenvalue weighted by molar-refractivity contribution is -0.154. The number of esters is 4. The van der Waals surface area contributed by atoms with Gasteiger partial charge in [0, 0.05) is 11.8 Å². The predicted octanol–water partition coefficient (Wildman–Crippen LogP) is 2.49. The Morgan fingerprint density at radius 2 is 0.733 bits per heavy atom. The summed E-state index contributed by atoms with van der Waals surface area (Å²) in [5.41, 5.74) is 3.38. The van der Waals surface area contributed by atoms with E-state index >= 15 is 0 Å². The van der Waals surface area contributed by atoms with Crippen LogP contribution in [0.5, 0.6) is 0 Å². The van der Waals surface area contributed by atoms with Crippen molar-refractivity contribution in [1.82, 2.24) is 0 Å². The first-order valence-corrected chi connectivity index (χ1v) is 9.94. The van der Waals surface area contributed by atoms with Crippen LogP contribution in [0.4, 0.5) is 0 Å². The normalized spacial score (nSPS) is 34.0. The molecule has 6 nitrogen and oxygen atoms in total. The molecule has 3 fully saturated rings. The van der Waals surface area contributed by atoms with Gasteiger partial charge in [-0.3, -0.25) is 19.2 Å². The highest BCUT2D eigenvalue weighted by molar-refractivity contribution is 6.11. The van der Waals surface area contributed by atoms with E-state index in [4.69, 9.17) is 9.47 Å². The zero-order chi connectivity index (χ0) is 20.6. The summed E-state index contributed by atoms with van der Waals surface area (Å²) >= 11 is 0. The molecule has 4 unspecified atom stereocenters. The number of carbonyl (C=O) groups excluding carboxylic acids is 4. The Hall–Kier alpha value is -3.54. The van der Waals surface area contributed by atoms with E-state index in [1.807, 2.05) is 60.7 Å². The summed E-state index contributed by atoms with van der Waals surface area (Å²) in [6.45, 7) is 0. The summed E-state index contributed by atoms with van der Waals surface area (Å²) in [5, 5.41) is 0. The number of benzene rings is 2. The summed E-state index contributed by atoms with van der Waals surface area (Å²) in [6, 6.07) is 19.0. The van der Waals surface area contributed by atoms with Gasteiger partial charge in [0.15, 0.2) is 0 Å². The van der Waals surface area contributed by atoms with Crippen LogP contribution in [0, 0.1) is 35.5 Å². The van der Waals surface area contributed by atoms with Gasteiger partial charge in [0.05, 0.1) is 23.7 Å². The second-order valence-corrected chi connectivity index (χ2v) is 8.19. The average molecular weight is 400 g/mol. The molecule has 2 bridgehead atoms. The highest BCUT2D eigenvalue weighted by Crippen LogP contribution is 2.65. The Balaban J connectivity index is 1.70. The zero-order valence-corrected chi connectivity index (χ0v) is 15.7. The summed E-state index contributed by atoms with van der Waals surface area (Å²) in [4.78, 5) is 50.8. The minimum atomic E-state index is -0.787. The number of ether oxygens (including phenoxy) is 2. The quantitative estimate of drug-likeness (QED) is 0.569. The van der Waals surface area contributed by atoms with Crippen molar-refractivity contribution in [3.8, 4) is 0 Å². The third-order valence-corrected chi connectivity index (χ3v) is 6.94. The second kappa shape index (κ2) is 5.98. The maximum absolute atomic E-state index is 12.7. The molecule has 2 heterocycles. The summed E-state index contributed by atoms with van der Waals surface area (Å²) < 4.78 is 10.1. The van der Waals surface area contributed by atoms with Gasteiger partial charge in [-0.2, -0.15) is 0 Å². The molecule has 2 aliphatic heterocycles. The molecule has 2 saturated heterocycles. The van der Waals surface area contributed by atoms with Crippen molar-refractivity contribution < 1.29 is 28.7 Å². The Kier molecular flexibility index (Phi) is 3.46. The third kappa shape index (κ3) is 2.08. The van der Waals surface area contributed by atoms with Crippen LogP contribution in [-0.4, -0.2) is 23.9 Å². The van der Waals surface area contributed by atoms with Crippen LogP contribution in [0.25, 0.3) is 11.1 Å². The van der Waals surface area contributed by atoms with Gasteiger partial charge in [-0.15, -0.1) is 0 Å². The molecule has 0 N–H and O–H groups in total. The van der Waals surface area contributed by atoms with Crippen LogP contribution in [0.1, 0.15) is 11.1 Å². The van der Waals surface area contributed by atoms with Crippen molar-refractivity contribution in [2.75, 3.05) is 0 Å². The molecule has 30 heavy (non-hydrogen) atoms. The largest absolute Gasteiger partial charge is 0.393 e. The van der Waals surface area contributed by atoms with E-state index in [1.54, 1.807) is 0 Å². The molecule has 4 atom stereocenters. The van der Waals surface area contributed by atoms with Gasteiger partial charge >= 0.3 is 23.9 Å². The van der Waals surface area contributed by atoms with Gasteiger partial charge in [0.1, 0.15) is 0 Å². The van der Waals surface area contributed by atoms with Crippen molar-refractivity contribution in [2.45, 2.75) is 0 Å². The molecule has 2 aromatic carbocycles. The first kappa shape index (κ1) is 17.3. The summed E-state index contributed by atoms with van der Waals surface area (Å²) in [7, 11) is 0. The lowest BCUT2D eigenvalue weighted by atomic mass is 9.48. The van der Waals surface area contributed by atoms with E-state index in [9.17, 15) is 19.2 Å². The number of carbonyl (C=O) groups is 4. The van der Waals surface area contributed by atoms with Crippen molar-refractivity contribution in [1.29, 1.82) is 0 Å². The molecule has 3 aliphatic carbocycles. The van der Waals surface area contributed by atoms with Crippen LogP contribution in [0.15, 0.2) is 60.7 Å². The molecule has 2 aromatic rings. The van der Waals surface area contributed by atoms with E-state index in [-0.39, 0.29) is 0 Å². The molecule has 0 aromatic heterocycles. The molecule has 6 heteroatoms. The van der Waals surface area contributed by atoms with Crippen molar-refractivity contribution in [2.24, 2.45) is 35.5 Å². The molecule has 148 valence electrons. The highest BCUT2D eigenvalue weighted by atomic mass is 16.6. The number of cyclic esters (lactones) is 4.